The van der Waals surface area contributed by atoms with E-state index in [0.29, 0.717) is 19.4 Å². The van der Waals surface area contributed by atoms with Crippen LogP contribution in [-0.2, 0) is 4.79 Å². The standard InChI is InChI=1S/C9H18BrNO2/c1-4-9(13,5-2)6-11-8(12)7(3)10/h7,13H,4-6H2,1-3H3,(H,11,12). The quantitative estimate of drug-likeness (QED) is 0.727. The third kappa shape index (κ3) is 4.62. The smallest absolute Gasteiger partial charge is 0.233 e. The van der Waals surface area contributed by atoms with Gasteiger partial charge in [-0.3, -0.25) is 4.79 Å². The lowest BCUT2D eigenvalue weighted by Crippen LogP contribution is -2.43. The summed E-state index contributed by atoms with van der Waals surface area (Å²) >= 11 is 3.16. The molecule has 0 fully saturated rings. The zero-order valence-corrected chi connectivity index (χ0v) is 10.0. The van der Waals surface area contributed by atoms with Gasteiger partial charge in [0.15, 0.2) is 0 Å². The fraction of sp³-hybridized carbons (Fsp3) is 0.889. The molecule has 0 aromatic heterocycles. The van der Waals surface area contributed by atoms with Gasteiger partial charge in [0.25, 0.3) is 0 Å². The monoisotopic (exact) mass is 251 g/mol. The normalized spacial score (nSPS) is 13.9. The lowest BCUT2D eigenvalue weighted by atomic mass is 9.97. The zero-order chi connectivity index (χ0) is 10.5. The van der Waals surface area contributed by atoms with Gasteiger partial charge in [0, 0.05) is 6.54 Å². The number of carbonyl (C=O) groups excluding carboxylic acids is 1. The number of rotatable bonds is 5. The molecule has 1 atom stereocenters. The van der Waals surface area contributed by atoms with Crippen LogP contribution in [0.3, 0.4) is 0 Å². The molecular formula is C9H18BrNO2. The first kappa shape index (κ1) is 12.9. The Hall–Kier alpha value is -0.0900. The van der Waals surface area contributed by atoms with Crippen molar-refractivity contribution in [2.24, 2.45) is 0 Å². The number of halogens is 1. The summed E-state index contributed by atoms with van der Waals surface area (Å²) in [6, 6.07) is 0. The van der Waals surface area contributed by atoms with E-state index >= 15 is 0 Å². The first-order valence-electron chi connectivity index (χ1n) is 4.59. The molecule has 0 saturated heterocycles. The van der Waals surface area contributed by atoms with Crippen LogP contribution < -0.4 is 5.32 Å². The third-order valence-electron chi connectivity index (χ3n) is 2.27. The fourth-order valence-corrected chi connectivity index (χ4v) is 1.05. The highest BCUT2D eigenvalue weighted by Crippen LogP contribution is 2.13. The van der Waals surface area contributed by atoms with Crippen molar-refractivity contribution >= 4 is 21.8 Å². The van der Waals surface area contributed by atoms with E-state index in [0.717, 1.165) is 0 Å². The van der Waals surface area contributed by atoms with Crippen LogP contribution in [-0.4, -0.2) is 28.0 Å². The molecule has 1 amide bonds. The predicted octanol–water partition coefficient (Wildman–Crippen LogP) is 1.44. The molecule has 4 heteroatoms. The van der Waals surface area contributed by atoms with E-state index < -0.39 is 5.60 Å². The molecule has 3 nitrogen and oxygen atoms in total. The van der Waals surface area contributed by atoms with E-state index in [-0.39, 0.29) is 10.7 Å². The topological polar surface area (TPSA) is 49.3 Å². The maximum absolute atomic E-state index is 11.2. The molecule has 0 spiro atoms. The van der Waals surface area contributed by atoms with Gasteiger partial charge in [0.05, 0.1) is 10.4 Å². The van der Waals surface area contributed by atoms with Gasteiger partial charge in [0.2, 0.25) is 5.91 Å². The number of hydrogen-bond acceptors (Lipinski definition) is 2. The van der Waals surface area contributed by atoms with Gasteiger partial charge >= 0.3 is 0 Å². The molecule has 0 aromatic carbocycles. The van der Waals surface area contributed by atoms with Crippen molar-refractivity contribution in [1.29, 1.82) is 0 Å². The summed E-state index contributed by atoms with van der Waals surface area (Å²) in [5.74, 6) is -0.0830. The van der Waals surface area contributed by atoms with Crippen LogP contribution in [0, 0.1) is 0 Å². The van der Waals surface area contributed by atoms with Crippen LogP contribution in [0.1, 0.15) is 33.6 Å². The van der Waals surface area contributed by atoms with Crippen molar-refractivity contribution in [3.05, 3.63) is 0 Å². The molecule has 2 N–H and O–H groups in total. The molecule has 78 valence electrons. The molecule has 13 heavy (non-hydrogen) atoms. The van der Waals surface area contributed by atoms with Gasteiger partial charge in [-0.05, 0) is 19.8 Å². The Kier molecular flexibility index (Phi) is 5.56. The number of nitrogens with one attached hydrogen (secondary N) is 1. The van der Waals surface area contributed by atoms with E-state index in [4.69, 9.17) is 0 Å². The third-order valence-corrected chi connectivity index (χ3v) is 2.69. The number of amides is 1. The van der Waals surface area contributed by atoms with Gasteiger partial charge in [-0.1, -0.05) is 29.8 Å². The molecular weight excluding hydrogens is 234 g/mol. The van der Waals surface area contributed by atoms with Gasteiger partial charge in [-0.25, -0.2) is 0 Å². The molecule has 0 aromatic rings. The van der Waals surface area contributed by atoms with Crippen LogP contribution in [0.25, 0.3) is 0 Å². The highest BCUT2D eigenvalue weighted by Gasteiger charge is 2.23. The van der Waals surface area contributed by atoms with E-state index in [1.165, 1.54) is 0 Å². The molecule has 1 unspecified atom stereocenters. The summed E-state index contributed by atoms with van der Waals surface area (Å²) in [5, 5.41) is 12.5. The number of hydrogen-bond donors (Lipinski definition) is 2. The lowest BCUT2D eigenvalue weighted by Gasteiger charge is -2.25. The largest absolute Gasteiger partial charge is 0.388 e. The van der Waals surface area contributed by atoms with E-state index in [1.807, 2.05) is 13.8 Å². The average Bonchev–Trinajstić information content (AvgIpc) is 2.13. The van der Waals surface area contributed by atoms with Crippen molar-refractivity contribution in [1.82, 2.24) is 5.32 Å². The first-order chi connectivity index (χ1) is 5.95. The summed E-state index contributed by atoms with van der Waals surface area (Å²) < 4.78 is 0. The Morgan fingerprint density at radius 1 is 1.54 bits per heavy atom. The number of carbonyl (C=O) groups is 1. The van der Waals surface area contributed by atoms with Crippen molar-refractivity contribution in [2.75, 3.05) is 6.54 Å². The van der Waals surface area contributed by atoms with Crippen LogP contribution in [0.4, 0.5) is 0 Å². The van der Waals surface area contributed by atoms with E-state index in [9.17, 15) is 9.90 Å². The molecule has 0 radical (unpaired) electrons. The Morgan fingerprint density at radius 2 is 2.00 bits per heavy atom. The molecule has 0 aliphatic carbocycles. The second-order valence-electron chi connectivity index (χ2n) is 3.27. The van der Waals surface area contributed by atoms with Gasteiger partial charge in [0.1, 0.15) is 0 Å². The van der Waals surface area contributed by atoms with E-state index in [1.54, 1.807) is 6.92 Å². The molecule has 0 aliphatic rings. The number of aliphatic hydroxyl groups is 1. The predicted molar refractivity (Wildman–Crippen MR) is 56.9 cm³/mol. The van der Waals surface area contributed by atoms with Gasteiger partial charge < -0.3 is 10.4 Å². The van der Waals surface area contributed by atoms with Crippen molar-refractivity contribution < 1.29 is 9.90 Å². The van der Waals surface area contributed by atoms with Crippen LogP contribution >= 0.6 is 15.9 Å². The van der Waals surface area contributed by atoms with Crippen molar-refractivity contribution in [3.63, 3.8) is 0 Å². The molecule has 0 bridgehead atoms. The number of alkyl halides is 1. The Balaban J connectivity index is 3.92. The minimum atomic E-state index is -0.752. The summed E-state index contributed by atoms with van der Waals surface area (Å²) in [5.41, 5.74) is -0.752. The minimum Gasteiger partial charge on any atom is -0.388 e. The maximum atomic E-state index is 11.2. The zero-order valence-electron chi connectivity index (χ0n) is 8.43. The van der Waals surface area contributed by atoms with Crippen LogP contribution in [0.15, 0.2) is 0 Å². The van der Waals surface area contributed by atoms with Crippen LogP contribution in [0.5, 0.6) is 0 Å². The van der Waals surface area contributed by atoms with Gasteiger partial charge in [-0.2, -0.15) is 0 Å². The summed E-state index contributed by atoms with van der Waals surface area (Å²) in [6.45, 7) is 5.90. The fourth-order valence-electron chi connectivity index (χ4n) is 0.892. The maximum Gasteiger partial charge on any atom is 0.233 e. The molecule has 0 saturated carbocycles. The van der Waals surface area contributed by atoms with Gasteiger partial charge in [-0.15, -0.1) is 0 Å². The first-order valence-corrected chi connectivity index (χ1v) is 5.51. The Labute approximate surface area is 88.0 Å². The minimum absolute atomic E-state index is 0.0830. The van der Waals surface area contributed by atoms with Crippen molar-refractivity contribution in [2.45, 2.75) is 44.0 Å². The second-order valence-corrected chi connectivity index (χ2v) is 4.64. The molecule has 0 aliphatic heterocycles. The Morgan fingerprint density at radius 3 is 2.31 bits per heavy atom. The van der Waals surface area contributed by atoms with E-state index in [2.05, 4.69) is 21.2 Å². The second kappa shape index (κ2) is 5.60. The van der Waals surface area contributed by atoms with Crippen molar-refractivity contribution in [3.8, 4) is 0 Å². The SMILES string of the molecule is CCC(O)(CC)CNC(=O)C(C)Br. The summed E-state index contributed by atoms with van der Waals surface area (Å²) in [4.78, 5) is 10.9. The lowest BCUT2D eigenvalue weighted by molar-refractivity contribution is -0.121. The molecule has 0 heterocycles. The van der Waals surface area contributed by atoms with Crippen LogP contribution in [0.2, 0.25) is 0 Å². The average molecular weight is 252 g/mol. The molecule has 0 rings (SSSR count). The summed E-state index contributed by atoms with van der Waals surface area (Å²) in [7, 11) is 0. The Bertz CT molecular complexity index is 167. The highest BCUT2D eigenvalue weighted by molar-refractivity contribution is 9.10. The summed E-state index contributed by atoms with van der Waals surface area (Å²) in [6.07, 6.45) is 1.31. The highest BCUT2D eigenvalue weighted by atomic mass is 79.9.